The van der Waals surface area contributed by atoms with Crippen LogP contribution in [-0.4, -0.2) is 52.9 Å². The Labute approximate surface area is 189 Å². The second kappa shape index (κ2) is 10.9. The van der Waals surface area contributed by atoms with Gasteiger partial charge in [0.05, 0.1) is 12.7 Å². The summed E-state index contributed by atoms with van der Waals surface area (Å²) in [5.74, 6) is 2.27. The standard InChI is InChI=1S/C20H28ClN5O.HI/c1-4-22-20(23-11-15(2)27-19-7-5-18(21)6-8-19)26-10-9-16(14-26)17-12-24-25(3)13-17;/h5-8,12-13,15-16H,4,9-11,14H2,1-3H3,(H,22,23);1H. The van der Waals surface area contributed by atoms with Crippen molar-refractivity contribution in [2.45, 2.75) is 32.3 Å². The number of hydrogen-bond acceptors (Lipinski definition) is 3. The van der Waals surface area contributed by atoms with E-state index >= 15 is 0 Å². The summed E-state index contributed by atoms with van der Waals surface area (Å²) in [4.78, 5) is 7.13. The van der Waals surface area contributed by atoms with E-state index in [0.29, 0.717) is 17.5 Å². The van der Waals surface area contributed by atoms with Gasteiger partial charge < -0.3 is 15.0 Å². The molecule has 6 nitrogen and oxygen atoms in total. The third-order valence-corrected chi connectivity index (χ3v) is 4.92. The second-order valence-electron chi connectivity index (χ2n) is 6.96. The largest absolute Gasteiger partial charge is 0.489 e. The number of benzene rings is 1. The number of guanidine groups is 1. The first-order chi connectivity index (χ1) is 13.0. The zero-order chi connectivity index (χ0) is 19.2. The van der Waals surface area contributed by atoms with Crippen molar-refractivity contribution >= 4 is 41.5 Å². The molecule has 0 radical (unpaired) electrons. The van der Waals surface area contributed by atoms with E-state index in [0.717, 1.165) is 37.8 Å². The highest BCUT2D eigenvalue weighted by Crippen LogP contribution is 2.26. The molecule has 0 bridgehead atoms. The van der Waals surface area contributed by atoms with Crippen LogP contribution in [0.4, 0.5) is 0 Å². The molecule has 1 aliphatic rings. The van der Waals surface area contributed by atoms with E-state index in [-0.39, 0.29) is 30.1 Å². The molecule has 2 aromatic rings. The Bertz CT molecular complexity index is 764. The topological polar surface area (TPSA) is 54.7 Å². The maximum Gasteiger partial charge on any atom is 0.194 e. The van der Waals surface area contributed by atoms with E-state index in [1.807, 2.05) is 49.1 Å². The molecule has 0 aliphatic carbocycles. The van der Waals surface area contributed by atoms with E-state index in [2.05, 4.69) is 28.4 Å². The van der Waals surface area contributed by atoms with E-state index in [4.69, 9.17) is 21.3 Å². The van der Waals surface area contributed by atoms with Crippen LogP contribution in [0.25, 0.3) is 0 Å². The van der Waals surface area contributed by atoms with Gasteiger partial charge in [0.2, 0.25) is 0 Å². The summed E-state index contributed by atoms with van der Waals surface area (Å²) in [7, 11) is 1.96. The molecule has 2 atom stereocenters. The minimum atomic E-state index is -0.0171. The highest BCUT2D eigenvalue weighted by molar-refractivity contribution is 14.0. The number of aliphatic imine (C=N–C) groups is 1. The van der Waals surface area contributed by atoms with Crippen molar-refractivity contribution in [2.75, 3.05) is 26.2 Å². The van der Waals surface area contributed by atoms with Gasteiger partial charge in [-0.05, 0) is 50.1 Å². The van der Waals surface area contributed by atoms with Crippen LogP contribution in [0.15, 0.2) is 41.7 Å². The Hall–Kier alpha value is -1.48. The fourth-order valence-electron chi connectivity index (χ4n) is 3.30. The minimum Gasteiger partial charge on any atom is -0.489 e. The lowest BCUT2D eigenvalue weighted by atomic mass is 10.0. The van der Waals surface area contributed by atoms with Gasteiger partial charge in [-0.15, -0.1) is 24.0 Å². The summed E-state index contributed by atoms with van der Waals surface area (Å²) in [6.45, 7) is 7.53. The van der Waals surface area contributed by atoms with Gasteiger partial charge in [-0.1, -0.05) is 11.6 Å². The summed E-state index contributed by atoms with van der Waals surface area (Å²) >= 11 is 5.92. The fraction of sp³-hybridized carbons (Fsp3) is 0.500. The molecule has 1 aliphatic heterocycles. The quantitative estimate of drug-likeness (QED) is 0.359. The van der Waals surface area contributed by atoms with Crippen molar-refractivity contribution in [3.63, 3.8) is 0 Å². The first kappa shape index (κ1) is 22.8. The minimum absolute atomic E-state index is 0. The van der Waals surface area contributed by atoms with Gasteiger partial charge in [0.1, 0.15) is 11.9 Å². The molecule has 1 N–H and O–H groups in total. The molecule has 1 aromatic heterocycles. The van der Waals surface area contributed by atoms with Crippen molar-refractivity contribution in [1.29, 1.82) is 0 Å². The summed E-state index contributed by atoms with van der Waals surface area (Å²) in [5.41, 5.74) is 1.30. The fourth-order valence-corrected chi connectivity index (χ4v) is 3.43. The Morgan fingerprint density at radius 3 is 2.79 bits per heavy atom. The molecule has 1 saturated heterocycles. The van der Waals surface area contributed by atoms with Crippen LogP contribution in [0.3, 0.4) is 0 Å². The van der Waals surface area contributed by atoms with Crippen molar-refractivity contribution in [3.05, 3.63) is 47.2 Å². The molecule has 0 saturated carbocycles. The monoisotopic (exact) mass is 517 g/mol. The molecule has 0 amide bonds. The molecular weight excluding hydrogens is 489 g/mol. The van der Waals surface area contributed by atoms with Gasteiger partial charge in [0.25, 0.3) is 0 Å². The molecule has 1 fully saturated rings. The Morgan fingerprint density at radius 2 is 2.14 bits per heavy atom. The molecule has 154 valence electrons. The average molecular weight is 518 g/mol. The first-order valence-corrected chi connectivity index (χ1v) is 9.87. The number of ether oxygens (including phenoxy) is 1. The smallest absolute Gasteiger partial charge is 0.194 e. The van der Waals surface area contributed by atoms with Gasteiger partial charge in [0.15, 0.2) is 5.96 Å². The highest BCUT2D eigenvalue weighted by atomic mass is 127. The van der Waals surface area contributed by atoms with E-state index < -0.39 is 0 Å². The Balaban J connectivity index is 0.00000280. The van der Waals surface area contributed by atoms with Crippen LogP contribution in [0, 0.1) is 0 Å². The molecule has 0 spiro atoms. The maximum atomic E-state index is 5.93. The molecule has 1 aromatic carbocycles. The van der Waals surface area contributed by atoms with Crippen molar-refractivity contribution < 1.29 is 4.74 Å². The summed E-state index contributed by atoms with van der Waals surface area (Å²) in [6.07, 6.45) is 5.18. The number of nitrogens with one attached hydrogen (secondary N) is 1. The lowest BCUT2D eigenvalue weighted by molar-refractivity contribution is 0.229. The zero-order valence-corrected chi connectivity index (χ0v) is 19.7. The van der Waals surface area contributed by atoms with Crippen LogP contribution < -0.4 is 10.1 Å². The lowest BCUT2D eigenvalue weighted by Gasteiger charge is -2.22. The molecule has 8 heteroatoms. The van der Waals surface area contributed by atoms with E-state index in [1.165, 1.54) is 5.56 Å². The van der Waals surface area contributed by atoms with Crippen molar-refractivity contribution in [3.8, 4) is 5.75 Å². The third kappa shape index (κ3) is 6.27. The first-order valence-electron chi connectivity index (χ1n) is 9.49. The number of halogens is 2. The van der Waals surface area contributed by atoms with Crippen LogP contribution in [0.5, 0.6) is 5.75 Å². The number of aryl methyl sites for hydroxylation is 1. The molecule has 28 heavy (non-hydrogen) atoms. The van der Waals surface area contributed by atoms with Crippen molar-refractivity contribution in [1.82, 2.24) is 20.0 Å². The predicted molar refractivity (Wildman–Crippen MR) is 125 cm³/mol. The van der Waals surface area contributed by atoms with Crippen molar-refractivity contribution in [2.24, 2.45) is 12.0 Å². The normalized spacial score (nSPS) is 17.9. The van der Waals surface area contributed by atoms with Crippen LogP contribution in [0.2, 0.25) is 5.02 Å². The van der Waals surface area contributed by atoms with Gasteiger partial charge in [-0.25, -0.2) is 4.99 Å². The molecule has 2 heterocycles. The number of hydrogen-bond donors (Lipinski definition) is 1. The van der Waals surface area contributed by atoms with Gasteiger partial charge >= 0.3 is 0 Å². The second-order valence-corrected chi connectivity index (χ2v) is 7.39. The Morgan fingerprint density at radius 1 is 1.39 bits per heavy atom. The molecule has 2 unspecified atom stereocenters. The SMILES string of the molecule is CCNC(=NCC(C)Oc1ccc(Cl)cc1)N1CCC(c2cnn(C)c2)C1.I. The molecular formula is C20H29ClIN5O. The van der Waals surface area contributed by atoms with Gasteiger partial charge in [-0.2, -0.15) is 5.10 Å². The van der Waals surface area contributed by atoms with E-state index in [9.17, 15) is 0 Å². The number of nitrogens with zero attached hydrogens (tertiary/aromatic N) is 4. The van der Waals surface area contributed by atoms with Crippen LogP contribution in [0.1, 0.15) is 31.7 Å². The summed E-state index contributed by atoms with van der Waals surface area (Å²) < 4.78 is 7.80. The number of rotatable bonds is 6. The lowest BCUT2D eigenvalue weighted by Crippen LogP contribution is -2.40. The van der Waals surface area contributed by atoms with Crippen LogP contribution >= 0.6 is 35.6 Å². The van der Waals surface area contributed by atoms with Gasteiger partial charge in [-0.3, -0.25) is 4.68 Å². The summed E-state index contributed by atoms with van der Waals surface area (Å²) in [6, 6.07) is 7.43. The van der Waals surface area contributed by atoms with E-state index in [1.54, 1.807) is 0 Å². The Kier molecular flexibility index (Phi) is 8.88. The van der Waals surface area contributed by atoms with Crippen LogP contribution in [-0.2, 0) is 7.05 Å². The highest BCUT2D eigenvalue weighted by Gasteiger charge is 2.27. The number of likely N-dealkylation sites (tertiary alicyclic amines) is 1. The predicted octanol–water partition coefficient (Wildman–Crippen LogP) is 3.91. The third-order valence-electron chi connectivity index (χ3n) is 4.67. The van der Waals surface area contributed by atoms with Gasteiger partial charge in [0, 0.05) is 43.8 Å². The summed E-state index contributed by atoms with van der Waals surface area (Å²) in [5, 5.41) is 8.42. The number of aromatic nitrogens is 2. The zero-order valence-electron chi connectivity index (χ0n) is 16.6. The molecule has 3 rings (SSSR count). The average Bonchev–Trinajstić information content (AvgIpc) is 3.29. The maximum absolute atomic E-state index is 5.93.